The Morgan fingerprint density at radius 3 is 2.02 bits per heavy atom. The lowest BCUT2D eigenvalue weighted by Gasteiger charge is -2.30. The third-order valence-electron chi connectivity index (χ3n) is 11.2. The van der Waals surface area contributed by atoms with Crippen LogP contribution in [0, 0.1) is 23.7 Å². The lowest BCUT2D eigenvalue weighted by atomic mass is 9.86. The van der Waals surface area contributed by atoms with Gasteiger partial charge in [0.25, 0.3) is 0 Å². The first kappa shape index (κ1) is 56.0. The van der Waals surface area contributed by atoms with Crippen LogP contribution in [0.2, 0.25) is 0 Å². The zero-order valence-corrected chi connectivity index (χ0v) is 38.7. The Morgan fingerprint density at radius 1 is 0.833 bits per heavy atom. The number of rotatable bonds is 29. The van der Waals surface area contributed by atoms with Gasteiger partial charge in [0.05, 0.1) is 18.2 Å². The second-order valence-electron chi connectivity index (χ2n) is 17.8. The van der Waals surface area contributed by atoms with Crippen LogP contribution in [0.15, 0.2) is 29.3 Å². The lowest BCUT2D eigenvalue weighted by molar-refractivity contribution is -0.142. The number of primary amides is 1. The van der Waals surface area contributed by atoms with Gasteiger partial charge in [-0.05, 0) is 75.5 Å². The van der Waals surface area contributed by atoms with Crippen LogP contribution >= 0.6 is 0 Å². The molecule has 0 radical (unpaired) electrons. The fourth-order valence-corrected chi connectivity index (χ4v) is 7.45. The summed E-state index contributed by atoms with van der Waals surface area (Å²) < 4.78 is 0. The van der Waals surface area contributed by atoms with Gasteiger partial charge in [-0.3, -0.25) is 48.1 Å². The van der Waals surface area contributed by atoms with E-state index in [4.69, 9.17) is 22.9 Å². The number of nitrogens with two attached hydrogens (primary N) is 4. The molecule has 0 aromatic heterocycles. The predicted octanol–water partition coefficient (Wildman–Crippen LogP) is -1.54. The van der Waals surface area contributed by atoms with Gasteiger partial charge in [0.1, 0.15) is 35.7 Å². The number of phenolic OH excluding ortho intramolecular Hbond substituents is 1. The number of Topliss-reactive ketones (excluding diaryl/α,β-unsaturated/α-hetero) is 2. The molecule has 0 unspecified atom stereocenters. The summed E-state index contributed by atoms with van der Waals surface area (Å²) in [5.74, 6) is -9.49. The molecule has 15 N–H and O–H groups in total. The highest BCUT2D eigenvalue weighted by Crippen LogP contribution is 2.24. The van der Waals surface area contributed by atoms with Crippen LogP contribution < -0.4 is 44.2 Å². The van der Waals surface area contributed by atoms with Crippen molar-refractivity contribution in [2.45, 2.75) is 142 Å². The van der Waals surface area contributed by atoms with Gasteiger partial charge in [-0.25, -0.2) is 0 Å². The number of benzene rings is 1. The van der Waals surface area contributed by atoms with E-state index in [1.54, 1.807) is 39.8 Å². The average Bonchev–Trinajstić information content (AvgIpc) is 3.58. The Labute approximate surface area is 384 Å². The van der Waals surface area contributed by atoms with Crippen LogP contribution in [0.5, 0.6) is 5.75 Å². The highest BCUT2D eigenvalue weighted by molar-refractivity contribution is 5.96. The van der Waals surface area contributed by atoms with E-state index in [0.717, 1.165) is 4.90 Å². The van der Waals surface area contributed by atoms with Crippen LogP contribution in [-0.2, 0) is 49.6 Å². The number of aliphatic hydroxyl groups is 1. The third kappa shape index (κ3) is 18.7. The highest BCUT2D eigenvalue weighted by Gasteiger charge is 2.41. The van der Waals surface area contributed by atoms with Crippen molar-refractivity contribution in [2.75, 3.05) is 13.1 Å². The molecule has 9 atom stereocenters. The van der Waals surface area contributed by atoms with Crippen LogP contribution in [-0.4, -0.2) is 135 Å². The molecule has 0 bridgehead atoms. The largest absolute Gasteiger partial charge is 0.508 e. The molecular weight excluding hydrogens is 861 g/mol. The maximum Gasteiger partial charge on any atom is 0.303 e. The van der Waals surface area contributed by atoms with E-state index in [2.05, 4.69) is 26.3 Å². The van der Waals surface area contributed by atoms with Crippen molar-refractivity contribution in [3.8, 4) is 5.75 Å². The van der Waals surface area contributed by atoms with E-state index in [9.17, 15) is 58.5 Å². The van der Waals surface area contributed by atoms with Crippen molar-refractivity contribution >= 4 is 58.9 Å². The first-order chi connectivity index (χ1) is 30.8. The number of carboxylic acid groups (broad SMARTS) is 1. The van der Waals surface area contributed by atoms with Crippen molar-refractivity contribution in [1.29, 1.82) is 0 Å². The minimum Gasteiger partial charge on any atom is -0.508 e. The summed E-state index contributed by atoms with van der Waals surface area (Å²) in [5, 5.41) is 40.4. The van der Waals surface area contributed by atoms with Crippen LogP contribution in [0.4, 0.5) is 0 Å². The molecule has 0 spiro atoms. The van der Waals surface area contributed by atoms with E-state index in [0.29, 0.717) is 12.0 Å². The van der Waals surface area contributed by atoms with Crippen LogP contribution in [0.1, 0.15) is 98.5 Å². The van der Waals surface area contributed by atoms with E-state index < -0.39 is 126 Å². The maximum atomic E-state index is 13.9. The predicted molar refractivity (Wildman–Crippen MR) is 241 cm³/mol. The van der Waals surface area contributed by atoms with Gasteiger partial charge in [-0.15, -0.1) is 0 Å². The molecule has 1 aliphatic rings. The van der Waals surface area contributed by atoms with Crippen LogP contribution in [0.3, 0.4) is 0 Å². The van der Waals surface area contributed by atoms with Gasteiger partial charge in [0, 0.05) is 50.6 Å². The van der Waals surface area contributed by atoms with Gasteiger partial charge < -0.3 is 64.4 Å². The second-order valence-corrected chi connectivity index (χ2v) is 17.8. The number of carbonyl (C=O) groups excluding carboxylic acids is 8. The molecule has 22 heteroatoms. The Morgan fingerprint density at radius 2 is 1.47 bits per heavy atom. The molecule has 368 valence electrons. The zero-order chi connectivity index (χ0) is 50.0. The molecule has 1 aromatic rings. The molecule has 0 aliphatic carbocycles. The van der Waals surface area contributed by atoms with Crippen molar-refractivity contribution < 1.29 is 58.5 Å². The number of hydrogen-bond donors (Lipinski definition) is 11. The average molecular weight is 931 g/mol. The van der Waals surface area contributed by atoms with Gasteiger partial charge in [0.2, 0.25) is 35.4 Å². The van der Waals surface area contributed by atoms with Crippen molar-refractivity contribution in [2.24, 2.45) is 51.6 Å². The van der Waals surface area contributed by atoms with E-state index in [1.165, 1.54) is 26.0 Å². The Balaban J connectivity index is 2.26. The fourth-order valence-electron chi connectivity index (χ4n) is 7.45. The number of aromatic hydroxyl groups is 1. The standard InChI is InChI=1S/C44H70N10O12/c1-22(2)16-32(42(65)50-24(5)39(46)62)52-43(66)33(13-14-37(60)61)54-21-28(19-36(54)59)51-41(64)30(23(3)4)20-35(58)38(25(6)55)53-40(63)27(17-26-9-11-29(56)12-10-26)18-34(57)31(45)8-7-15-49-44(47)48/h9-12,22-25,27-28,30-33,38,55-56H,7-8,13-21,45H2,1-6H3,(H2,46,62)(H,50,65)(H,51,64)(H,52,66)(H,53,63)(H,60,61)(H4,47,48,49)/t24-,25-,27+,28+,30-,31-,32-,33-,38-/m1/s1. The molecule has 1 heterocycles. The first-order valence-corrected chi connectivity index (χ1v) is 22.1. The van der Waals surface area contributed by atoms with E-state index in [1.807, 2.05) is 0 Å². The fraction of sp³-hybridized carbons (Fsp3) is 0.636. The summed E-state index contributed by atoms with van der Waals surface area (Å²) >= 11 is 0. The number of likely N-dealkylation sites (tertiary alicyclic amines) is 1. The van der Waals surface area contributed by atoms with E-state index in [-0.39, 0.29) is 69.2 Å². The number of hydrogen-bond acceptors (Lipinski definition) is 13. The van der Waals surface area contributed by atoms with Crippen molar-refractivity contribution in [3.05, 3.63) is 29.8 Å². The summed E-state index contributed by atoms with van der Waals surface area (Å²) in [6.07, 6.45) is -2.57. The third-order valence-corrected chi connectivity index (χ3v) is 11.2. The second kappa shape index (κ2) is 26.7. The molecule has 1 aromatic carbocycles. The number of amides is 6. The topological polar surface area (TPSA) is 382 Å². The number of aliphatic imine (C=N–C) groups is 1. The SMILES string of the molecule is CC(C)C[C@@H](NC(=O)[C@@H](CCC(=O)O)N1C[C@@H](NC(=O)[C@H](CC(=O)[C@H](NC(=O)[C@H](CC(=O)[C@H](N)CCCN=C(N)N)Cc2ccc(O)cc2)[C@@H](C)O)C(C)C)CC1=O)C(=O)N[C@H](C)C(N)=O. The van der Waals surface area contributed by atoms with Gasteiger partial charge in [-0.2, -0.15) is 0 Å². The van der Waals surface area contributed by atoms with Gasteiger partial charge in [0.15, 0.2) is 11.7 Å². The summed E-state index contributed by atoms with van der Waals surface area (Å²) in [5.41, 5.74) is 22.7. The number of aliphatic carboxylic acids is 1. The quantitative estimate of drug-likeness (QED) is 0.0246. The lowest BCUT2D eigenvalue weighted by Crippen LogP contribution is -2.56. The summed E-state index contributed by atoms with van der Waals surface area (Å²) in [6.45, 7) is 9.63. The molecule has 66 heavy (non-hydrogen) atoms. The van der Waals surface area contributed by atoms with E-state index >= 15 is 0 Å². The van der Waals surface area contributed by atoms with Gasteiger partial charge >= 0.3 is 5.97 Å². The molecule has 1 aliphatic heterocycles. The van der Waals surface area contributed by atoms with Crippen molar-refractivity contribution in [1.82, 2.24) is 26.2 Å². The minimum absolute atomic E-state index is 0.0103. The molecular formula is C44H70N10O12. The molecule has 22 nitrogen and oxygen atoms in total. The monoisotopic (exact) mass is 931 g/mol. The Kier molecular flexibility index (Phi) is 22.7. The number of guanidine groups is 1. The minimum atomic E-state index is -1.50. The molecule has 0 saturated carbocycles. The molecule has 1 saturated heterocycles. The number of nitrogens with zero attached hydrogens (tertiary/aromatic N) is 2. The van der Waals surface area contributed by atoms with Gasteiger partial charge in [-0.1, -0.05) is 39.8 Å². The summed E-state index contributed by atoms with van der Waals surface area (Å²) in [7, 11) is 0. The normalized spacial score (nSPS) is 17.3. The number of phenols is 1. The number of aliphatic hydroxyl groups excluding tert-OH is 1. The molecule has 6 amide bonds. The number of ketones is 2. The zero-order valence-electron chi connectivity index (χ0n) is 38.7. The van der Waals surface area contributed by atoms with Crippen molar-refractivity contribution in [3.63, 3.8) is 0 Å². The Hall–Kier alpha value is -6.16. The number of carbonyl (C=O) groups is 9. The number of nitrogens with one attached hydrogen (secondary N) is 4. The smallest absolute Gasteiger partial charge is 0.303 e. The maximum absolute atomic E-state index is 13.9. The summed E-state index contributed by atoms with van der Waals surface area (Å²) in [6, 6.07) is -0.944. The highest BCUT2D eigenvalue weighted by atomic mass is 16.4. The molecule has 2 rings (SSSR count). The first-order valence-electron chi connectivity index (χ1n) is 22.1. The summed E-state index contributed by atoms with van der Waals surface area (Å²) in [4.78, 5) is 123. The Bertz CT molecular complexity index is 1900. The molecule has 1 fully saturated rings. The van der Waals surface area contributed by atoms with Crippen LogP contribution in [0.25, 0.3) is 0 Å². The number of carboxylic acids is 1.